The number of Topliss-reactive ketones (excluding diaryl/α,β-unsaturated/α-hetero) is 1. The quantitative estimate of drug-likeness (QED) is 0.749. The highest BCUT2D eigenvalue weighted by molar-refractivity contribution is 5.99. The summed E-state index contributed by atoms with van der Waals surface area (Å²) in [5.41, 5.74) is 6.59. The fourth-order valence-electron chi connectivity index (χ4n) is 1.24. The molecule has 0 aliphatic rings. The minimum absolute atomic E-state index is 0.0554. The van der Waals surface area contributed by atoms with Crippen molar-refractivity contribution in [1.29, 1.82) is 0 Å². The second kappa shape index (κ2) is 5.27. The van der Waals surface area contributed by atoms with Gasteiger partial charge in [-0.2, -0.15) is 0 Å². The summed E-state index contributed by atoms with van der Waals surface area (Å²) in [6.07, 6.45) is 0. The molecule has 0 unspecified atom stereocenters. The molecule has 2 rings (SSSR count). The van der Waals surface area contributed by atoms with Crippen molar-refractivity contribution in [3.63, 3.8) is 0 Å². The van der Waals surface area contributed by atoms with Crippen molar-refractivity contribution in [3.05, 3.63) is 34.3 Å². The van der Waals surface area contributed by atoms with Crippen LogP contribution in [0, 0.1) is 0 Å². The van der Waals surface area contributed by atoms with E-state index in [-0.39, 0.29) is 12.3 Å². The van der Waals surface area contributed by atoms with E-state index < -0.39 is 5.76 Å². The zero-order valence-corrected chi connectivity index (χ0v) is 9.24. The highest BCUT2D eigenvalue weighted by atomic mass is 16.4. The molecule has 5 nitrogen and oxygen atoms in total. The third-order valence-corrected chi connectivity index (χ3v) is 1.93. The van der Waals surface area contributed by atoms with E-state index in [1.54, 1.807) is 12.1 Å². The summed E-state index contributed by atoms with van der Waals surface area (Å²) in [6, 6.07) is 4.72. The molecule has 0 spiro atoms. The van der Waals surface area contributed by atoms with Crippen LogP contribution >= 0.6 is 0 Å². The van der Waals surface area contributed by atoms with Crippen LogP contribution in [0.3, 0.4) is 0 Å². The lowest BCUT2D eigenvalue weighted by molar-refractivity contribution is 0.100. The summed E-state index contributed by atoms with van der Waals surface area (Å²) >= 11 is 0. The first-order chi connectivity index (χ1) is 7.70. The summed E-state index contributed by atoms with van der Waals surface area (Å²) < 4.78 is 4.80. The molecule has 0 saturated heterocycles. The number of oxazole rings is 1. The average Bonchev–Trinajstić information content (AvgIpc) is 2.69. The second-order valence-corrected chi connectivity index (χ2v) is 2.85. The van der Waals surface area contributed by atoms with Crippen LogP contribution in [0.25, 0.3) is 11.1 Å². The molecule has 1 heterocycles. The highest BCUT2D eigenvalue weighted by Crippen LogP contribution is 2.12. The van der Waals surface area contributed by atoms with Crippen LogP contribution in [0.15, 0.2) is 27.4 Å². The normalized spacial score (nSPS) is 9.69. The Morgan fingerprint density at radius 1 is 1.44 bits per heavy atom. The van der Waals surface area contributed by atoms with E-state index in [2.05, 4.69) is 4.98 Å². The molecule has 1 aromatic carbocycles. The minimum atomic E-state index is -0.530. The minimum Gasteiger partial charge on any atom is -0.408 e. The first-order valence-electron chi connectivity index (χ1n) is 5.07. The van der Waals surface area contributed by atoms with Gasteiger partial charge in [0, 0.05) is 5.56 Å². The molecular formula is C11H14N2O3. The van der Waals surface area contributed by atoms with E-state index in [9.17, 15) is 9.59 Å². The fourth-order valence-corrected chi connectivity index (χ4v) is 1.24. The molecular weight excluding hydrogens is 208 g/mol. The Kier molecular flexibility index (Phi) is 4.02. The van der Waals surface area contributed by atoms with Gasteiger partial charge in [-0.05, 0) is 18.2 Å². The number of nitrogens with two attached hydrogens (primary N) is 1. The number of fused-ring (bicyclic) bond motifs is 1. The molecule has 0 radical (unpaired) electrons. The van der Waals surface area contributed by atoms with Crippen molar-refractivity contribution in [2.75, 3.05) is 6.54 Å². The van der Waals surface area contributed by atoms with Crippen molar-refractivity contribution < 1.29 is 9.21 Å². The summed E-state index contributed by atoms with van der Waals surface area (Å²) in [5, 5.41) is 0. The van der Waals surface area contributed by atoms with Crippen LogP contribution in [0.5, 0.6) is 0 Å². The van der Waals surface area contributed by atoms with E-state index in [1.807, 2.05) is 13.8 Å². The van der Waals surface area contributed by atoms with Gasteiger partial charge in [0.2, 0.25) is 0 Å². The van der Waals surface area contributed by atoms with Gasteiger partial charge >= 0.3 is 5.76 Å². The Balaban J connectivity index is 0.000000606. The zero-order chi connectivity index (χ0) is 12.1. The monoisotopic (exact) mass is 222 g/mol. The number of rotatable bonds is 2. The third kappa shape index (κ3) is 2.38. The lowest BCUT2D eigenvalue weighted by atomic mass is 10.1. The maximum Gasteiger partial charge on any atom is 0.417 e. The largest absolute Gasteiger partial charge is 0.417 e. The van der Waals surface area contributed by atoms with E-state index in [1.165, 1.54) is 6.07 Å². The number of nitrogens with one attached hydrogen (secondary N) is 1. The Morgan fingerprint density at radius 3 is 2.75 bits per heavy atom. The Labute approximate surface area is 92.3 Å². The number of carbonyl (C=O) groups excluding carboxylic acids is 1. The number of aromatic nitrogens is 1. The third-order valence-electron chi connectivity index (χ3n) is 1.93. The van der Waals surface area contributed by atoms with Gasteiger partial charge in [-0.25, -0.2) is 4.79 Å². The maximum atomic E-state index is 11.2. The molecule has 0 saturated carbocycles. The molecule has 1 aromatic heterocycles. The Bertz CT molecular complexity index is 539. The highest BCUT2D eigenvalue weighted by Gasteiger charge is 2.06. The second-order valence-electron chi connectivity index (χ2n) is 2.85. The number of benzene rings is 1. The number of ketones is 1. The topological polar surface area (TPSA) is 89.1 Å². The van der Waals surface area contributed by atoms with Gasteiger partial charge in [0.05, 0.1) is 12.1 Å². The maximum absolute atomic E-state index is 11.2. The Morgan fingerprint density at radius 2 is 2.12 bits per heavy atom. The van der Waals surface area contributed by atoms with Gasteiger partial charge < -0.3 is 10.2 Å². The van der Waals surface area contributed by atoms with E-state index in [0.29, 0.717) is 16.7 Å². The molecule has 0 amide bonds. The summed E-state index contributed by atoms with van der Waals surface area (Å²) in [4.78, 5) is 24.5. The van der Waals surface area contributed by atoms with Gasteiger partial charge in [0.25, 0.3) is 0 Å². The first kappa shape index (κ1) is 12.2. The molecule has 0 atom stereocenters. The van der Waals surface area contributed by atoms with Crippen molar-refractivity contribution >= 4 is 16.9 Å². The van der Waals surface area contributed by atoms with E-state index in [4.69, 9.17) is 10.2 Å². The molecule has 5 heteroatoms. The molecule has 0 aliphatic carbocycles. The van der Waals surface area contributed by atoms with Gasteiger partial charge in [-0.3, -0.25) is 9.78 Å². The lowest BCUT2D eigenvalue weighted by Crippen LogP contribution is -2.13. The van der Waals surface area contributed by atoms with Crippen LogP contribution < -0.4 is 11.5 Å². The Hall–Kier alpha value is -1.88. The predicted octanol–water partition coefficient (Wildman–Crippen LogP) is 1.29. The van der Waals surface area contributed by atoms with Crippen LogP contribution in [-0.4, -0.2) is 17.3 Å². The van der Waals surface area contributed by atoms with Crippen molar-refractivity contribution in [3.8, 4) is 0 Å². The number of carbonyl (C=O) groups is 1. The molecule has 0 fully saturated rings. The summed E-state index contributed by atoms with van der Waals surface area (Å²) in [6.45, 7) is 3.94. The standard InChI is InChI=1S/C9H8N2O3.C2H6/c10-4-7(12)5-1-2-6-8(3-5)14-9(13)11-6;1-2/h1-3H,4,10H2,(H,11,13);1-2H3. The van der Waals surface area contributed by atoms with Crippen molar-refractivity contribution in [1.82, 2.24) is 4.98 Å². The molecule has 0 aliphatic heterocycles. The van der Waals surface area contributed by atoms with Crippen LogP contribution in [-0.2, 0) is 0 Å². The number of hydrogen-bond acceptors (Lipinski definition) is 4. The van der Waals surface area contributed by atoms with E-state index in [0.717, 1.165) is 0 Å². The number of aromatic amines is 1. The van der Waals surface area contributed by atoms with Crippen molar-refractivity contribution in [2.45, 2.75) is 13.8 Å². The van der Waals surface area contributed by atoms with Gasteiger partial charge in [-0.15, -0.1) is 0 Å². The molecule has 86 valence electrons. The smallest absolute Gasteiger partial charge is 0.408 e. The SMILES string of the molecule is CC.NCC(=O)c1ccc2[nH]c(=O)oc2c1. The van der Waals surface area contributed by atoms with Gasteiger partial charge in [0.15, 0.2) is 11.4 Å². The van der Waals surface area contributed by atoms with Gasteiger partial charge in [-0.1, -0.05) is 13.8 Å². The number of hydrogen-bond donors (Lipinski definition) is 2. The average molecular weight is 222 g/mol. The molecule has 16 heavy (non-hydrogen) atoms. The van der Waals surface area contributed by atoms with Crippen LogP contribution in [0.4, 0.5) is 0 Å². The summed E-state index contributed by atoms with van der Waals surface area (Å²) in [5.74, 6) is -0.715. The predicted molar refractivity (Wildman–Crippen MR) is 61.6 cm³/mol. The number of H-pyrrole nitrogens is 1. The lowest BCUT2D eigenvalue weighted by Gasteiger charge is -1.95. The summed E-state index contributed by atoms with van der Waals surface area (Å²) in [7, 11) is 0. The van der Waals surface area contributed by atoms with Gasteiger partial charge in [0.1, 0.15) is 0 Å². The van der Waals surface area contributed by atoms with E-state index >= 15 is 0 Å². The fraction of sp³-hybridized carbons (Fsp3) is 0.273. The first-order valence-corrected chi connectivity index (χ1v) is 5.07. The van der Waals surface area contributed by atoms with Crippen LogP contribution in [0.2, 0.25) is 0 Å². The zero-order valence-electron chi connectivity index (χ0n) is 9.24. The molecule has 3 N–H and O–H groups in total. The van der Waals surface area contributed by atoms with Crippen LogP contribution in [0.1, 0.15) is 24.2 Å². The molecule has 0 bridgehead atoms. The molecule has 2 aromatic rings. The van der Waals surface area contributed by atoms with Crippen molar-refractivity contribution in [2.24, 2.45) is 5.73 Å².